The van der Waals surface area contributed by atoms with E-state index in [2.05, 4.69) is 17.6 Å². The summed E-state index contributed by atoms with van der Waals surface area (Å²) in [5.41, 5.74) is 2.29. The molecule has 0 aliphatic rings. The van der Waals surface area contributed by atoms with Gasteiger partial charge in [0.1, 0.15) is 17.1 Å². The van der Waals surface area contributed by atoms with Gasteiger partial charge in [-0.15, -0.1) is 0 Å². The highest BCUT2D eigenvalue weighted by atomic mass is 32.1. The molecule has 6 heteroatoms. The lowest BCUT2D eigenvalue weighted by molar-refractivity contribution is 0.0971. The zero-order valence-electron chi connectivity index (χ0n) is 13.9. The molecule has 2 aromatic rings. The molecule has 2 aromatic carbocycles. The van der Waals surface area contributed by atoms with Gasteiger partial charge in [-0.25, -0.2) is 0 Å². The molecule has 2 rings (SSSR count). The summed E-state index contributed by atoms with van der Waals surface area (Å²) in [4.78, 5) is 12.6. The average molecular weight is 344 g/mol. The van der Waals surface area contributed by atoms with Crippen molar-refractivity contribution < 1.29 is 14.3 Å². The van der Waals surface area contributed by atoms with Crippen LogP contribution in [0.1, 0.15) is 22.8 Å². The summed E-state index contributed by atoms with van der Waals surface area (Å²) >= 11 is 5.25. The molecule has 0 saturated carbocycles. The van der Waals surface area contributed by atoms with Gasteiger partial charge in [0.05, 0.1) is 14.2 Å². The van der Waals surface area contributed by atoms with E-state index in [9.17, 15) is 4.79 Å². The molecule has 0 saturated heterocycles. The smallest absolute Gasteiger partial charge is 0.264 e. The van der Waals surface area contributed by atoms with Crippen molar-refractivity contribution in [1.29, 1.82) is 0 Å². The molecule has 5 nitrogen and oxygen atoms in total. The molecule has 24 heavy (non-hydrogen) atoms. The van der Waals surface area contributed by atoms with Crippen LogP contribution in [0, 0.1) is 0 Å². The highest BCUT2D eigenvalue weighted by molar-refractivity contribution is 7.80. The van der Waals surface area contributed by atoms with Gasteiger partial charge in [-0.05, 0) is 42.4 Å². The summed E-state index contributed by atoms with van der Waals surface area (Å²) in [6.07, 6.45) is 0.861. The van der Waals surface area contributed by atoms with Gasteiger partial charge in [-0.1, -0.05) is 31.2 Å². The maximum atomic E-state index is 12.6. The highest BCUT2D eigenvalue weighted by Gasteiger charge is 2.19. The number of thiocarbonyl (C=S) groups is 1. The average Bonchev–Trinajstić information content (AvgIpc) is 2.61. The Morgan fingerprint density at radius 1 is 1.04 bits per heavy atom. The van der Waals surface area contributed by atoms with Crippen molar-refractivity contribution in [3.63, 3.8) is 0 Å². The Labute approximate surface area is 147 Å². The van der Waals surface area contributed by atoms with E-state index in [1.165, 1.54) is 14.2 Å². The second kappa shape index (κ2) is 8.31. The number of benzene rings is 2. The summed E-state index contributed by atoms with van der Waals surface area (Å²) in [6.45, 7) is 2.06. The third kappa shape index (κ3) is 4.02. The zero-order chi connectivity index (χ0) is 17.5. The van der Waals surface area contributed by atoms with E-state index in [-0.39, 0.29) is 5.11 Å². The van der Waals surface area contributed by atoms with Crippen LogP contribution in [0.2, 0.25) is 0 Å². The molecule has 0 atom stereocenters. The number of para-hydroxylation sites is 1. The number of carbonyl (C=O) groups is 1. The second-order valence-corrected chi connectivity index (χ2v) is 5.36. The Hall–Kier alpha value is -2.60. The van der Waals surface area contributed by atoms with Crippen molar-refractivity contribution in [2.24, 2.45) is 0 Å². The third-order valence-electron chi connectivity index (χ3n) is 3.53. The van der Waals surface area contributed by atoms with E-state index < -0.39 is 5.91 Å². The van der Waals surface area contributed by atoms with Gasteiger partial charge in [-0.3, -0.25) is 10.1 Å². The van der Waals surface area contributed by atoms with Crippen LogP contribution in [0.15, 0.2) is 42.5 Å². The van der Waals surface area contributed by atoms with Crippen molar-refractivity contribution in [3.05, 3.63) is 53.6 Å². The minimum atomic E-state index is -0.393. The second-order valence-electron chi connectivity index (χ2n) is 4.96. The van der Waals surface area contributed by atoms with Crippen LogP contribution in [0.25, 0.3) is 0 Å². The molecule has 0 aliphatic carbocycles. The molecule has 0 heterocycles. The topological polar surface area (TPSA) is 59.6 Å². The third-order valence-corrected chi connectivity index (χ3v) is 3.73. The Bertz CT molecular complexity index is 725. The Morgan fingerprint density at radius 2 is 1.67 bits per heavy atom. The molecule has 0 spiro atoms. The van der Waals surface area contributed by atoms with Crippen LogP contribution >= 0.6 is 12.2 Å². The number of hydrogen-bond donors (Lipinski definition) is 2. The molecule has 2 N–H and O–H groups in total. The monoisotopic (exact) mass is 344 g/mol. The molecule has 0 unspecified atom stereocenters. The first-order valence-electron chi connectivity index (χ1n) is 7.52. The lowest BCUT2D eigenvalue weighted by atomic mass is 10.1. The quantitative estimate of drug-likeness (QED) is 0.814. The first kappa shape index (κ1) is 17.7. The summed E-state index contributed by atoms with van der Waals surface area (Å²) < 4.78 is 10.5. The predicted molar refractivity (Wildman–Crippen MR) is 99.1 cm³/mol. The number of carbonyl (C=O) groups excluding carboxylic acids is 1. The molecule has 0 fully saturated rings. The van der Waals surface area contributed by atoms with Crippen LogP contribution in [0.5, 0.6) is 11.5 Å². The summed E-state index contributed by atoms with van der Waals surface area (Å²) in [5.74, 6) is 0.447. The molecule has 0 radical (unpaired) electrons. The maximum absolute atomic E-state index is 12.6. The van der Waals surface area contributed by atoms with Gasteiger partial charge in [-0.2, -0.15) is 0 Å². The zero-order valence-corrected chi connectivity index (χ0v) is 14.7. The number of rotatable bonds is 5. The first-order valence-corrected chi connectivity index (χ1v) is 7.92. The molecule has 126 valence electrons. The fourth-order valence-corrected chi connectivity index (χ4v) is 2.55. The molecule has 1 amide bonds. The van der Waals surface area contributed by atoms with Crippen molar-refractivity contribution in [2.75, 3.05) is 19.5 Å². The number of hydrogen-bond acceptors (Lipinski definition) is 4. The van der Waals surface area contributed by atoms with Gasteiger partial charge in [0.15, 0.2) is 5.11 Å². The summed E-state index contributed by atoms with van der Waals surface area (Å²) in [5, 5.41) is 5.94. The minimum Gasteiger partial charge on any atom is -0.496 e. The number of anilines is 1. The van der Waals surface area contributed by atoms with Gasteiger partial charge in [0.2, 0.25) is 0 Å². The van der Waals surface area contributed by atoms with E-state index >= 15 is 0 Å². The number of ether oxygens (including phenoxy) is 2. The van der Waals surface area contributed by atoms with E-state index in [0.29, 0.717) is 17.1 Å². The van der Waals surface area contributed by atoms with Crippen molar-refractivity contribution in [1.82, 2.24) is 5.32 Å². The van der Waals surface area contributed by atoms with Crippen LogP contribution < -0.4 is 20.1 Å². The lowest BCUT2D eigenvalue weighted by Crippen LogP contribution is -2.34. The van der Waals surface area contributed by atoms with Gasteiger partial charge >= 0.3 is 0 Å². The van der Waals surface area contributed by atoms with E-state index in [1.54, 1.807) is 18.2 Å². The van der Waals surface area contributed by atoms with Crippen LogP contribution in [-0.2, 0) is 6.42 Å². The van der Waals surface area contributed by atoms with Crippen molar-refractivity contribution in [3.8, 4) is 11.5 Å². The number of nitrogens with one attached hydrogen (secondary N) is 2. The molecular weight excluding hydrogens is 324 g/mol. The highest BCUT2D eigenvalue weighted by Crippen LogP contribution is 2.28. The van der Waals surface area contributed by atoms with E-state index in [4.69, 9.17) is 21.7 Å². The van der Waals surface area contributed by atoms with Crippen molar-refractivity contribution >= 4 is 28.9 Å². The van der Waals surface area contributed by atoms with Crippen LogP contribution in [-0.4, -0.2) is 25.2 Å². The van der Waals surface area contributed by atoms with Gasteiger partial charge < -0.3 is 14.8 Å². The van der Waals surface area contributed by atoms with E-state index in [1.807, 2.05) is 24.3 Å². The van der Waals surface area contributed by atoms with Gasteiger partial charge in [0.25, 0.3) is 5.91 Å². The van der Waals surface area contributed by atoms with Crippen molar-refractivity contribution in [2.45, 2.75) is 13.3 Å². The minimum absolute atomic E-state index is 0.217. The molecule has 0 aromatic heterocycles. The molecular formula is C18H20N2O3S. The standard InChI is InChI=1S/C18H20N2O3S/c1-4-12-8-5-6-9-13(12)19-18(24)20-17(21)16-14(22-2)10-7-11-15(16)23-3/h5-11H,4H2,1-3H3,(H2,19,20,21,24). The molecule has 0 bridgehead atoms. The predicted octanol–water partition coefficient (Wildman–Crippen LogP) is 3.39. The van der Waals surface area contributed by atoms with Crippen LogP contribution in [0.4, 0.5) is 5.69 Å². The number of methoxy groups -OCH3 is 2. The Kier molecular flexibility index (Phi) is 6.14. The molecule has 0 aliphatic heterocycles. The fourth-order valence-electron chi connectivity index (χ4n) is 2.34. The van der Waals surface area contributed by atoms with Gasteiger partial charge in [0, 0.05) is 5.69 Å². The lowest BCUT2D eigenvalue weighted by Gasteiger charge is -2.15. The number of amides is 1. The summed E-state index contributed by atoms with van der Waals surface area (Å²) in [6, 6.07) is 12.9. The largest absolute Gasteiger partial charge is 0.496 e. The SMILES string of the molecule is CCc1ccccc1NC(=S)NC(=O)c1c(OC)cccc1OC. The first-order chi connectivity index (χ1) is 11.6. The van der Waals surface area contributed by atoms with E-state index in [0.717, 1.165) is 17.7 Å². The number of aryl methyl sites for hydroxylation is 1. The Balaban J connectivity index is 2.16. The van der Waals surface area contributed by atoms with Crippen LogP contribution in [0.3, 0.4) is 0 Å². The fraction of sp³-hybridized carbons (Fsp3) is 0.222. The maximum Gasteiger partial charge on any atom is 0.264 e. The summed E-state index contributed by atoms with van der Waals surface area (Å²) in [7, 11) is 3.00. The normalized spacial score (nSPS) is 9.96. The Morgan fingerprint density at radius 3 is 2.25 bits per heavy atom.